The van der Waals surface area contributed by atoms with Crippen molar-refractivity contribution >= 4 is 5.91 Å². The molecular formula is C20H41NO3. The number of carbonyl (C=O) groups excluding carboxylic acids is 1. The van der Waals surface area contributed by atoms with Crippen molar-refractivity contribution in [1.29, 1.82) is 0 Å². The largest absolute Gasteiger partial charge is 0.394 e. The zero-order chi connectivity index (χ0) is 18.2. The average molecular weight is 344 g/mol. The zero-order valence-corrected chi connectivity index (χ0v) is 16.2. The molecule has 4 heteroatoms. The SMILES string of the molecule is CCCCCCCCCCCCC(O)[C@H](CO)NC(=O)CC(C)C. The van der Waals surface area contributed by atoms with Crippen LogP contribution in [0.1, 0.15) is 97.8 Å². The number of unbranched alkanes of at least 4 members (excludes halogenated alkanes) is 9. The Morgan fingerprint density at radius 3 is 1.88 bits per heavy atom. The summed E-state index contributed by atoms with van der Waals surface area (Å²) >= 11 is 0. The summed E-state index contributed by atoms with van der Waals surface area (Å²) in [5.74, 6) is 0.189. The Balaban J connectivity index is 3.64. The zero-order valence-electron chi connectivity index (χ0n) is 16.2. The Kier molecular flexibility index (Phi) is 15.5. The monoisotopic (exact) mass is 343 g/mol. The third kappa shape index (κ3) is 13.8. The summed E-state index contributed by atoms with van der Waals surface area (Å²) in [5, 5.41) is 22.3. The van der Waals surface area contributed by atoms with Gasteiger partial charge in [-0.3, -0.25) is 4.79 Å². The van der Waals surface area contributed by atoms with E-state index in [2.05, 4.69) is 12.2 Å². The molecule has 0 saturated carbocycles. The molecule has 4 nitrogen and oxygen atoms in total. The van der Waals surface area contributed by atoms with Crippen molar-refractivity contribution < 1.29 is 15.0 Å². The molecule has 0 heterocycles. The maximum Gasteiger partial charge on any atom is 0.220 e. The van der Waals surface area contributed by atoms with Gasteiger partial charge in [0.1, 0.15) is 0 Å². The first kappa shape index (κ1) is 23.4. The van der Waals surface area contributed by atoms with Gasteiger partial charge in [-0.25, -0.2) is 0 Å². The van der Waals surface area contributed by atoms with Crippen LogP contribution in [0.5, 0.6) is 0 Å². The molecule has 144 valence electrons. The van der Waals surface area contributed by atoms with Gasteiger partial charge in [0.15, 0.2) is 0 Å². The molecule has 0 aliphatic heterocycles. The molecular weight excluding hydrogens is 302 g/mol. The molecule has 0 aliphatic carbocycles. The first-order chi connectivity index (χ1) is 11.5. The van der Waals surface area contributed by atoms with Crippen LogP contribution in [-0.2, 0) is 4.79 Å². The summed E-state index contributed by atoms with van der Waals surface area (Å²) in [4.78, 5) is 11.7. The van der Waals surface area contributed by atoms with Crippen molar-refractivity contribution in [2.24, 2.45) is 5.92 Å². The van der Waals surface area contributed by atoms with Crippen LogP contribution in [0.4, 0.5) is 0 Å². The molecule has 0 saturated heterocycles. The molecule has 2 atom stereocenters. The van der Waals surface area contributed by atoms with Crippen molar-refractivity contribution in [3.8, 4) is 0 Å². The molecule has 0 fully saturated rings. The van der Waals surface area contributed by atoms with Gasteiger partial charge in [0, 0.05) is 6.42 Å². The lowest BCUT2D eigenvalue weighted by atomic mass is 10.0. The van der Waals surface area contributed by atoms with Crippen LogP contribution in [0.25, 0.3) is 0 Å². The Bertz CT molecular complexity index is 295. The second-order valence-corrected chi connectivity index (χ2v) is 7.49. The number of aliphatic hydroxyl groups excluding tert-OH is 2. The van der Waals surface area contributed by atoms with Gasteiger partial charge in [-0.2, -0.15) is 0 Å². The van der Waals surface area contributed by atoms with Crippen molar-refractivity contribution in [3.05, 3.63) is 0 Å². The van der Waals surface area contributed by atoms with Gasteiger partial charge >= 0.3 is 0 Å². The normalized spacial score (nSPS) is 13.9. The highest BCUT2D eigenvalue weighted by molar-refractivity contribution is 5.76. The molecule has 24 heavy (non-hydrogen) atoms. The minimum atomic E-state index is -0.653. The van der Waals surface area contributed by atoms with Crippen LogP contribution < -0.4 is 5.32 Å². The lowest BCUT2D eigenvalue weighted by molar-refractivity contribution is -0.123. The highest BCUT2D eigenvalue weighted by Crippen LogP contribution is 2.13. The van der Waals surface area contributed by atoms with Crippen LogP contribution >= 0.6 is 0 Å². The van der Waals surface area contributed by atoms with Crippen molar-refractivity contribution in [2.45, 2.75) is 110 Å². The van der Waals surface area contributed by atoms with E-state index in [1.807, 2.05) is 13.8 Å². The van der Waals surface area contributed by atoms with Crippen molar-refractivity contribution in [2.75, 3.05) is 6.61 Å². The molecule has 0 bridgehead atoms. The lowest BCUT2D eigenvalue weighted by Gasteiger charge is -2.22. The van der Waals surface area contributed by atoms with Gasteiger partial charge in [-0.05, 0) is 12.3 Å². The van der Waals surface area contributed by atoms with Gasteiger partial charge in [-0.1, -0.05) is 85.0 Å². The third-order valence-corrected chi connectivity index (χ3v) is 4.45. The topological polar surface area (TPSA) is 69.6 Å². The molecule has 0 aliphatic rings. The molecule has 0 radical (unpaired) electrons. The lowest BCUT2D eigenvalue weighted by Crippen LogP contribution is -2.46. The Hall–Kier alpha value is -0.610. The van der Waals surface area contributed by atoms with E-state index >= 15 is 0 Å². The van der Waals surface area contributed by atoms with E-state index in [9.17, 15) is 15.0 Å². The maximum atomic E-state index is 11.7. The van der Waals surface area contributed by atoms with E-state index < -0.39 is 12.1 Å². The summed E-state index contributed by atoms with van der Waals surface area (Å²) in [6, 6.07) is -0.533. The van der Waals surface area contributed by atoms with Gasteiger partial charge in [-0.15, -0.1) is 0 Å². The van der Waals surface area contributed by atoms with Crippen LogP contribution in [0, 0.1) is 5.92 Å². The number of nitrogens with one attached hydrogen (secondary N) is 1. The van der Waals surface area contributed by atoms with Crippen LogP contribution in [-0.4, -0.2) is 34.9 Å². The molecule has 0 rings (SSSR count). The first-order valence-electron chi connectivity index (χ1n) is 10.1. The fraction of sp³-hybridized carbons (Fsp3) is 0.950. The summed E-state index contributed by atoms with van der Waals surface area (Å²) in [6.45, 7) is 6.00. The number of rotatable bonds is 16. The van der Waals surface area contributed by atoms with E-state index in [0.717, 1.165) is 12.8 Å². The quantitative estimate of drug-likeness (QED) is 0.368. The minimum absolute atomic E-state index is 0.0915. The smallest absolute Gasteiger partial charge is 0.220 e. The second kappa shape index (κ2) is 15.9. The molecule has 3 N–H and O–H groups in total. The number of hydrogen-bond acceptors (Lipinski definition) is 3. The molecule has 1 unspecified atom stereocenters. The Morgan fingerprint density at radius 1 is 0.917 bits per heavy atom. The number of carbonyl (C=O) groups is 1. The summed E-state index contributed by atoms with van der Waals surface area (Å²) in [6.07, 6.45) is 13.0. The van der Waals surface area contributed by atoms with E-state index in [4.69, 9.17) is 0 Å². The van der Waals surface area contributed by atoms with E-state index in [0.29, 0.717) is 12.8 Å². The Labute approximate surface area is 149 Å². The van der Waals surface area contributed by atoms with Gasteiger partial charge in [0.2, 0.25) is 5.91 Å². The average Bonchev–Trinajstić information content (AvgIpc) is 2.53. The van der Waals surface area contributed by atoms with E-state index in [1.165, 1.54) is 51.4 Å². The minimum Gasteiger partial charge on any atom is -0.394 e. The predicted molar refractivity (Wildman–Crippen MR) is 101 cm³/mol. The number of hydrogen-bond donors (Lipinski definition) is 3. The fourth-order valence-electron chi connectivity index (χ4n) is 2.94. The third-order valence-electron chi connectivity index (χ3n) is 4.45. The predicted octanol–water partition coefficient (Wildman–Crippen LogP) is 4.18. The molecule has 0 spiro atoms. The summed E-state index contributed by atoms with van der Waals surface area (Å²) in [5.41, 5.74) is 0. The molecule has 0 aromatic rings. The summed E-state index contributed by atoms with van der Waals surface area (Å²) in [7, 11) is 0. The molecule has 0 aromatic heterocycles. The van der Waals surface area contributed by atoms with Crippen molar-refractivity contribution in [3.63, 3.8) is 0 Å². The maximum absolute atomic E-state index is 11.7. The van der Waals surface area contributed by atoms with E-state index in [-0.39, 0.29) is 18.4 Å². The van der Waals surface area contributed by atoms with Crippen LogP contribution in [0.2, 0.25) is 0 Å². The van der Waals surface area contributed by atoms with E-state index in [1.54, 1.807) is 0 Å². The standard InChI is InChI=1S/C20H41NO3/c1-4-5-6-7-8-9-10-11-12-13-14-19(23)18(16-22)21-20(24)15-17(2)3/h17-19,22-23H,4-16H2,1-3H3,(H,21,24)/t18-,19?/m0/s1. The highest BCUT2D eigenvalue weighted by Gasteiger charge is 2.20. The fourth-order valence-corrected chi connectivity index (χ4v) is 2.94. The van der Waals surface area contributed by atoms with Crippen molar-refractivity contribution in [1.82, 2.24) is 5.32 Å². The molecule has 1 amide bonds. The second-order valence-electron chi connectivity index (χ2n) is 7.49. The molecule has 0 aromatic carbocycles. The Morgan fingerprint density at radius 2 is 1.42 bits per heavy atom. The highest BCUT2D eigenvalue weighted by atomic mass is 16.3. The number of amides is 1. The first-order valence-corrected chi connectivity index (χ1v) is 10.1. The van der Waals surface area contributed by atoms with Crippen LogP contribution in [0.15, 0.2) is 0 Å². The van der Waals surface area contributed by atoms with Gasteiger partial charge in [0.25, 0.3) is 0 Å². The van der Waals surface area contributed by atoms with Gasteiger partial charge in [0.05, 0.1) is 18.8 Å². The summed E-state index contributed by atoms with van der Waals surface area (Å²) < 4.78 is 0. The number of aliphatic hydroxyl groups is 2. The van der Waals surface area contributed by atoms with Crippen LogP contribution in [0.3, 0.4) is 0 Å². The van der Waals surface area contributed by atoms with Gasteiger partial charge < -0.3 is 15.5 Å².